The zero-order valence-electron chi connectivity index (χ0n) is 11.9. The van der Waals surface area contributed by atoms with E-state index < -0.39 is 0 Å². The van der Waals surface area contributed by atoms with Crippen molar-refractivity contribution in [3.63, 3.8) is 0 Å². The number of cyclic esters (lactones) is 1. The van der Waals surface area contributed by atoms with E-state index in [0.29, 0.717) is 30.4 Å². The van der Waals surface area contributed by atoms with Gasteiger partial charge in [-0.2, -0.15) is 0 Å². The van der Waals surface area contributed by atoms with E-state index in [1.807, 2.05) is 6.92 Å². The molecule has 0 spiro atoms. The van der Waals surface area contributed by atoms with E-state index in [2.05, 4.69) is 20.8 Å². The molecule has 102 valence electrons. The molecule has 2 atom stereocenters. The van der Waals surface area contributed by atoms with Crippen molar-refractivity contribution in [3.05, 3.63) is 11.6 Å². The lowest BCUT2D eigenvalue weighted by Gasteiger charge is -2.26. The van der Waals surface area contributed by atoms with Crippen molar-refractivity contribution in [3.8, 4) is 0 Å². The Kier molecular flexibility index (Phi) is 5.57. The van der Waals surface area contributed by atoms with Crippen molar-refractivity contribution < 1.29 is 14.3 Å². The van der Waals surface area contributed by atoms with E-state index in [-0.39, 0.29) is 17.7 Å². The minimum Gasteiger partial charge on any atom is -0.462 e. The third-order valence-electron chi connectivity index (χ3n) is 3.64. The highest BCUT2D eigenvalue weighted by molar-refractivity contribution is 6.00. The molecule has 0 N–H and O–H groups in total. The number of carbonyl (C=O) groups excluding carboxylic acids is 2. The van der Waals surface area contributed by atoms with E-state index in [4.69, 9.17) is 4.74 Å². The summed E-state index contributed by atoms with van der Waals surface area (Å²) >= 11 is 0. The van der Waals surface area contributed by atoms with Gasteiger partial charge >= 0.3 is 5.97 Å². The third kappa shape index (κ3) is 3.97. The Bertz CT molecular complexity index is 342. The van der Waals surface area contributed by atoms with Gasteiger partial charge in [-0.15, -0.1) is 0 Å². The Balaban J connectivity index is 2.72. The van der Waals surface area contributed by atoms with Gasteiger partial charge in [0.25, 0.3) is 0 Å². The van der Waals surface area contributed by atoms with Crippen LogP contribution < -0.4 is 0 Å². The molecule has 0 unspecified atom stereocenters. The highest BCUT2D eigenvalue weighted by Gasteiger charge is 2.27. The predicted octanol–water partition coefficient (Wildman–Crippen LogP) is 3.14. The molecule has 0 aliphatic carbocycles. The zero-order chi connectivity index (χ0) is 13.7. The molecule has 1 heterocycles. The van der Waals surface area contributed by atoms with E-state index >= 15 is 0 Å². The first-order valence-electron chi connectivity index (χ1n) is 6.87. The van der Waals surface area contributed by atoms with Crippen LogP contribution in [-0.4, -0.2) is 18.4 Å². The van der Waals surface area contributed by atoms with Crippen molar-refractivity contribution >= 4 is 11.8 Å². The fourth-order valence-electron chi connectivity index (χ4n) is 2.14. The third-order valence-corrected chi connectivity index (χ3v) is 3.64. The number of rotatable bonds is 5. The van der Waals surface area contributed by atoms with Gasteiger partial charge in [0.05, 0.1) is 6.61 Å². The van der Waals surface area contributed by atoms with Crippen LogP contribution >= 0.6 is 0 Å². The lowest BCUT2D eigenvalue weighted by Crippen LogP contribution is -2.28. The van der Waals surface area contributed by atoms with Crippen molar-refractivity contribution in [2.45, 2.75) is 47.0 Å². The standard InChI is InChI=1S/C15H24O3/c1-5-6-11(4)14(16)8-12-7-13(10(2)3)9-18-15(12)17/h8,10-11,13H,5-7,9H2,1-4H3/b12-8-/t11-,13+/m1/s1. The van der Waals surface area contributed by atoms with Crippen molar-refractivity contribution in [1.29, 1.82) is 0 Å². The number of ketones is 1. The monoisotopic (exact) mass is 252 g/mol. The molecule has 0 amide bonds. The molecule has 1 aliphatic heterocycles. The van der Waals surface area contributed by atoms with Gasteiger partial charge in [-0.05, 0) is 30.8 Å². The van der Waals surface area contributed by atoms with Crippen LogP contribution in [0.25, 0.3) is 0 Å². The number of hydrogen-bond donors (Lipinski definition) is 0. The van der Waals surface area contributed by atoms with Crippen molar-refractivity contribution in [1.82, 2.24) is 0 Å². The summed E-state index contributed by atoms with van der Waals surface area (Å²) in [4.78, 5) is 23.6. The minimum absolute atomic E-state index is 0.00488. The topological polar surface area (TPSA) is 43.4 Å². The summed E-state index contributed by atoms with van der Waals surface area (Å²) in [5.41, 5.74) is 0.549. The summed E-state index contributed by atoms with van der Waals surface area (Å²) in [6.07, 6.45) is 4.03. The smallest absolute Gasteiger partial charge is 0.334 e. The molecule has 18 heavy (non-hydrogen) atoms. The van der Waals surface area contributed by atoms with Crippen LogP contribution in [0.4, 0.5) is 0 Å². The average molecular weight is 252 g/mol. The number of ether oxygens (including phenoxy) is 1. The first-order valence-corrected chi connectivity index (χ1v) is 6.87. The van der Waals surface area contributed by atoms with Gasteiger partial charge in [0, 0.05) is 11.5 Å². The fraction of sp³-hybridized carbons (Fsp3) is 0.733. The Hall–Kier alpha value is -1.12. The van der Waals surface area contributed by atoms with Gasteiger partial charge in [0.15, 0.2) is 5.78 Å². The largest absolute Gasteiger partial charge is 0.462 e. The molecule has 1 saturated heterocycles. The van der Waals surface area contributed by atoms with Crippen LogP contribution in [-0.2, 0) is 14.3 Å². The van der Waals surface area contributed by atoms with Gasteiger partial charge in [-0.3, -0.25) is 4.79 Å². The summed E-state index contributed by atoms with van der Waals surface area (Å²) in [5.74, 6) is 0.528. The molecule has 3 heteroatoms. The molecule has 0 saturated carbocycles. The molecular formula is C15H24O3. The lowest BCUT2D eigenvalue weighted by molar-refractivity contribution is -0.144. The van der Waals surface area contributed by atoms with E-state index in [9.17, 15) is 9.59 Å². The van der Waals surface area contributed by atoms with Gasteiger partial charge in [-0.25, -0.2) is 4.79 Å². The van der Waals surface area contributed by atoms with Gasteiger partial charge < -0.3 is 4.74 Å². The van der Waals surface area contributed by atoms with Crippen LogP contribution in [0.2, 0.25) is 0 Å². The molecule has 0 aromatic heterocycles. The second-order valence-electron chi connectivity index (χ2n) is 5.57. The van der Waals surface area contributed by atoms with E-state index in [0.717, 1.165) is 12.8 Å². The van der Waals surface area contributed by atoms with Crippen LogP contribution in [0, 0.1) is 17.8 Å². The number of carbonyl (C=O) groups is 2. The molecule has 0 aromatic carbocycles. The highest BCUT2D eigenvalue weighted by atomic mass is 16.5. The second-order valence-corrected chi connectivity index (χ2v) is 5.57. The quantitative estimate of drug-likeness (QED) is 0.557. The maximum absolute atomic E-state index is 11.9. The Labute approximate surface area is 110 Å². The first-order chi connectivity index (χ1) is 8.45. The average Bonchev–Trinajstić information content (AvgIpc) is 2.31. The van der Waals surface area contributed by atoms with Crippen LogP contribution in [0.3, 0.4) is 0 Å². The summed E-state index contributed by atoms with van der Waals surface area (Å²) in [7, 11) is 0. The van der Waals surface area contributed by atoms with Crippen LogP contribution in [0.15, 0.2) is 11.6 Å². The molecular weight excluding hydrogens is 228 g/mol. The molecule has 3 nitrogen and oxygen atoms in total. The SMILES string of the molecule is CCC[C@@H](C)C(=O)/C=C1/C[C@H](C(C)C)COC1=O. The molecule has 0 radical (unpaired) electrons. The van der Waals surface area contributed by atoms with E-state index in [1.54, 1.807) is 0 Å². The van der Waals surface area contributed by atoms with Crippen molar-refractivity contribution in [2.24, 2.45) is 17.8 Å². The van der Waals surface area contributed by atoms with Crippen molar-refractivity contribution in [2.75, 3.05) is 6.61 Å². The molecule has 1 aliphatic rings. The maximum atomic E-state index is 11.9. The number of hydrogen-bond acceptors (Lipinski definition) is 3. The normalized spacial score (nSPS) is 24.2. The van der Waals surface area contributed by atoms with E-state index in [1.165, 1.54) is 6.08 Å². The second kappa shape index (κ2) is 6.72. The number of esters is 1. The Morgan fingerprint density at radius 2 is 2.11 bits per heavy atom. The fourth-order valence-corrected chi connectivity index (χ4v) is 2.14. The first kappa shape index (κ1) is 14.9. The molecule has 1 fully saturated rings. The number of allylic oxidation sites excluding steroid dienone is 1. The Morgan fingerprint density at radius 3 is 2.67 bits per heavy atom. The van der Waals surface area contributed by atoms with Gasteiger partial charge in [0.1, 0.15) is 0 Å². The van der Waals surface area contributed by atoms with Gasteiger partial charge in [0.2, 0.25) is 0 Å². The maximum Gasteiger partial charge on any atom is 0.334 e. The van der Waals surface area contributed by atoms with Gasteiger partial charge in [-0.1, -0.05) is 34.1 Å². The predicted molar refractivity (Wildman–Crippen MR) is 71.1 cm³/mol. The molecule has 0 aromatic rings. The molecule has 1 rings (SSSR count). The summed E-state index contributed by atoms with van der Waals surface area (Å²) < 4.78 is 5.15. The Morgan fingerprint density at radius 1 is 1.44 bits per heavy atom. The summed E-state index contributed by atoms with van der Waals surface area (Å²) in [6.45, 7) is 8.68. The van der Waals surface area contributed by atoms with Crippen LogP contribution in [0.5, 0.6) is 0 Å². The highest BCUT2D eigenvalue weighted by Crippen LogP contribution is 2.26. The van der Waals surface area contributed by atoms with Crippen LogP contribution in [0.1, 0.15) is 47.0 Å². The lowest BCUT2D eigenvalue weighted by atomic mass is 9.87. The summed E-state index contributed by atoms with van der Waals surface area (Å²) in [5, 5.41) is 0. The minimum atomic E-state index is -0.316. The zero-order valence-corrected chi connectivity index (χ0v) is 11.9. The molecule has 0 bridgehead atoms. The summed E-state index contributed by atoms with van der Waals surface area (Å²) in [6, 6.07) is 0.